The Morgan fingerprint density at radius 1 is 0.956 bits per heavy atom. The van der Waals surface area contributed by atoms with E-state index >= 15 is 0 Å². The molecule has 2 N–H and O–H groups in total. The summed E-state index contributed by atoms with van der Waals surface area (Å²) in [6, 6.07) is 22.0. The minimum absolute atomic E-state index is 0.103. The Morgan fingerprint density at radius 2 is 1.71 bits per heavy atom. The van der Waals surface area contributed by atoms with Crippen molar-refractivity contribution in [2.24, 2.45) is 4.99 Å². The molecule has 4 aromatic rings. The number of likely N-dealkylation sites (tertiary alicyclic amines) is 1. The quantitative estimate of drug-likeness (QED) is 0.266. The van der Waals surface area contributed by atoms with Gasteiger partial charge in [0, 0.05) is 17.5 Å². The number of nitrogens with one attached hydrogen (secondary N) is 2. The lowest BCUT2D eigenvalue weighted by atomic mass is 9.85. The molecule has 2 aromatic carbocycles. The second-order valence-electron chi connectivity index (χ2n) is 13.4. The highest BCUT2D eigenvalue weighted by Gasteiger charge is 2.31. The molecule has 0 bridgehead atoms. The summed E-state index contributed by atoms with van der Waals surface area (Å²) in [5.74, 6) is 2.48. The Morgan fingerprint density at radius 3 is 2.47 bits per heavy atom. The van der Waals surface area contributed by atoms with Crippen LogP contribution in [-0.4, -0.2) is 33.8 Å². The van der Waals surface area contributed by atoms with Crippen LogP contribution >= 0.6 is 0 Å². The van der Waals surface area contributed by atoms with Crippen molar-refractivity contribution in [3.05, 3.63) is 107 Å². The first kappa shape index (κ1) is 29.1. The van der Waals surface area contributed by atoms with Gasteiger partial charge in [0.25, 0.3) is 0 Å². The van der Waals surface area contributed by atoms with Gasteiger partial charge in [-0.2, -0.15) is 9.34 Å². The number of nitrogens with zero attached hydrogens (tertiary/aromatic N) is 5. The van der Waals surface area contributed by atoms with E-state index in [-0.39, 0.29) is 23.6 Å². The largest absolute Gasteiger partial charge is 0.483 e. The standard InChI is InChI=1S/C36H41N7O2/c1-24-12-14-25(15-13-24)43-33(22-31(40-43)36(2,3)4)38-34(44)37-29-17-18-30(28-11-7-6-10-27(28)29)45-26-16-19-32-39-35(42(32)23-26)41-20-8-5-9-21-41/h6-7,10-16,19,22-23,29-30H,5,8-9,17-18,20-21H2,1-4H3,(H-,37,38,40,44)/p+1. The van der Waals surface area contributed by atoms with Crippen molar-refractivity contribution in [1.82, 2.24) is 20.0 Å². The number of hydrogen-bond acceptors (Lipinski definition) is 5. The van der Waals surface area contributed by atoms with E-state index in [0.717, 1.165) is 65.6 Å². The molecule has 45 heavy (non-hydrogen) atoms. The van der Waals surface area contributed by atoms with Crippen LogP contribution in [0.25, 0.3) is 5.69 Å². The van der Waals surface area contributed by atoms with Gasteiger partial charge in [-0.1, -0.05) is 67.7 Å². The van der Waals surface area contributed by atoms with Gasteiger partial charge in [0.2, 0.25) is 5.49 Å². The van der Waals surface area contributed by atoms with E-state index < -0.39 is 0 Å². The van der Waals surface area contributed by atoms with Gasteiger partial charge in [-0.05, 0) is 68.4 Å². The normalized spacial score (nSPS) is 19.1. The summed E-state index contributed by atoms with van der Waals surface area (Å²) in [5.41, 5.74) is 5.95. The molecule has 3 aliphatic rings. The highest BCUT2D eigenvalue weighted by molar-refractivity contribution is 5.89. The predicted molar refractivity (Wildman–Crippen MR) is 173 cm³/mol. The lowest BCUT2D eigenvalue weighted by Gasteiger charge is -2.32. The molecule has 9 heteroatoms. The monoisotopic (exact) mass is 604 g/mol. The summed E-state index contributed by atoms with van der Waals surface area (Å²) in [7, 11) is 0. The third-order valence-corrected chi connectivity index (χ3v) is 8.99. The Labute approximate surface area is 264 Å². The Bertz CT molecular complexity index is 1850. The van der Waals surface area contributed by atoms with E-state index in [4.69, 9.17) is 14.8 Å². The van der Waals surface area contributed by atoms with E-state index in [1.54, 1.807) is 0 Å². The van der Waals surface area contributed by atoms with E-state index in [1.807, 2.05) is 47.1 Å². The van der Waals surface area contributed by atoms with Crippen molar-refractivity contribution in [3.63, 3.8) is 0 Å². The molecule has 4 heterocycles. The third kappa shape index (κ3) is 5.91. The van der Waals surface area contributed by atoms with Crippen LogP contribution in [0, 0.1) is 12.9 Å². The molecular weight excluding hydrogens is 562 g/mol. The van der Waals surface area contributed by atoms with E-state index in [0.29, 0.717) is 5.82 Å². The molecule has 0 saturated carbocycles. The SMILES string of the molecule is Cc1ccc(-n2nc(C(C)(C)C)cc2NC(=O)NC2CCC(Oc3ccc4[n+](c3)=C(N3CCCCC3)N=4)c3ccccc32)cc1. The molecule has 1 fully saturated rings. The average Bonchev–Trinajstić information content (AvgIpc) is 3.45. The second kappa shape index (κ2) is 11.7. The van der Waals surface area contributed by atoms with Crippen LogP contribution in [0.1, 0.15) is 87.4 Å². The van der Waals surface area contributed by atoms with Crippen molar-refractivity contribution < 1.29 is 13.8 Å². The Kier molecular flexibility index (Phi) is 7.55. The van der Waals surface area contributed by atoms with Gasteiger partial charge >= 0.3 is 12.0 Å². The number of carbonyl (C=O) groups excluding carboxylic acids is 1. The van der Waals surface area contributed by atoms with Crippen LogP contribution in [0.5, 0.6) is 5.75 Å². The molecule has 2 amide bonds. The lowest BCUT2D eigenvalue weighted by molar-refractivity contribution is -0.578. The van der Waals surface area contributed by atoms with Gasteiger partial charge in [-0.15, -0.1) is 0 Å². The number of pyridine rings is 1. The number of piperidine rings is 1. The minimum atomic E-state index is -0.258. The highest BCUT2D eigenvalue weighted by atomic mass is 16.5. The molecule has 2 unspecified atom stereocenters. The number of benzene rings is 2. The first-order valence-corrected chi connectivity index (χ1v) is 16.1. The number of hydrogen-bond donors (Lipinski definition) is 2. The summed E-state index contributed by atoms with van der Waals surface area (Å²) < 4.78 is 10.6. The number of fused-ring (bicyclic) bond motifs is 2. The second-order valence-corrected chi connectivity index (χ2v) is 13.4. The van der Waals surface area contributed by atoms with Gasteiger partial charge in [0.1, 0.15) is 23.9 Å². The van der Waals surface area contributed by atoms with Gasteiger partial charge in [0.05, 0.1) is 30.5 Å². The summed E-state index contributed by atoms with van der Waals surface area (Å²) >= 11 is 0. The number of carbonyl (C=O) groups is 1. The minimum Gasteiger partial charge on any atom is -0.483 e. The molecule has 9 nitrogen and oxygen atoms in total. The number of anilines is 1. The maximum atomic E-state index is 13.5. The third-order valence-electron chi connectivity index (χ3n) is 8.99. The van der Waals surface area contributed by atoms with Crippen molar-refractivity contribution >= 4 is 11.8 Å². The molecule has 232 valence electrons. The smallest absolute Gasteiger partial charge is 0.357 e. The number of rotatable bonds is 6. The van der Waals surface area contributed by atoms with Crippen LogP contribution in [0.2, 0.25) is 0 Å². The molecule has 2 aromatic heterocycles. The first-order valence-electron chi connectivity index (χ1n) is 16.1. The first-order chi connectivity index (χ1) is 21.7. The summed E-state index contributed by atoms with van der Waals surface area (Å²) in [5, 5.41) is 11.2. The van der Waals surface area contributed by atoms with E-state index in [9.17, 15) is 4.79 Å². The van der Waals surface area contributed by atoms with Crippen molar-refractivity contribution in [3.8, 4) is 11.4 Å². The van der Waals surface area contributed by atoms with Crippen molar-refractivity contribution in [1.29, 1.82) is 0 Å². The zero-order valence-corrected chi connectivity index (χ0v) is 26.6. The average molecular weight is 605 g/mol. The summed E-state index contributed by atoms with van der Waals surface area (Å²) in [6.45, 7) is 10.5. The zero-order valence-electron chi connectivity index (χ0n) is 26.6. The molecule has 0 radical (unpaired) electrons. The lowest BCUT2D eigenvalue weighted by Crippen LogP contribution is -2.53. The van der Waals surface area contributed by atoms with Crippen LogP contribution in [-0.2, 0) is 5.41 Å². The van der Waals surface area contributed by atoms with Gasteiger partial charge in [-0.3, -0.25) is 10.2 Å². The molecule has 0 spiro atoms. The number of aryl methyl sites for hydroxylation is 1. The van der Waals surface area contributed by atoms with Crippen LogP contribution in [0.3, 0.4) is 0 Å². The number of aromatic nitrogens is 3. The number of amides is 2. The van der Waals surface area contributed by atoms with Crippen molar-refractivity contribution in [2.45, 2.75) is 77.4 Å². The van der Waals surface area contributed by atoms with Gasteiger partial charge in [0.15, 0.2) is 0 Å². The predicted octanol–water partition coefficient (Wildman–Crippen LogP) is 5.96. The van der Waals surface area contributed by atoms with Gasteiger partial charge in [-0.25, -0.2) is 9.48 Å². The fraction of sp³-hybridized carbons (Fsp3) is 0.389. The zero-order chi connectivity index (χ0) is 31.1. The molecule has 2 atom stereocenters. The highest BCUT2D eigenvalue weighted by Crippen LogP contribution is 2.38. The number of ether oxygens (including phenoxy) is 1. The Hall–Kier alpha value is -4.66. The molecule has 1 aliphatic carbocycles. The fourth-order valence-electron chi connectivity index (χ4n) is 6.44. The maximum Gasteiger partial charge on any atom is 0.357 e. The van der Waals surface area contributed by atoms with Crippen LogP contribution < -0.4 is 25.1 Å². The topological polar surface area (TPSA) is 89.7 Å². The van der Waals surface area contributed by atoms with E-state index in [2.05, 4.69) is 77.9 Å². The molecule has 1 saturated heterocycles. The molecular formula is C36H42N7O2+. The maximum absolute atomic E-state index is 13.5. The molecule has 7 rings (SSSR count). The summed E-state index contributed by atoms with van der Waals surface area (Å²) in [6.07, 6.45) is 7.23. The van der Waals surface area contributed by atoms with Crippen LogP contribution in [0.4, 0.5) is 10.6 Å². The van der Waals surface area contributed by atoms with Crippen LogP contribution in [0.15, 0.2) is 77.9 Å². The summed E-state index contributed by atoms with van der Waals surface area (Å²) in [4.78, 5) is 20.6. The Balaban J connectivity index is 1.08. The van der Waals surface area contributed by atoms with Crippen molar-refractivity contribution in [2.75, 3.05) is 18.4 Å². The number of urea groups is 1. The van der Waals surface area contributed by atoms with E-state index in [1.165, 1.54) is 24.8 Å². The molecule has 2 aliphatic heterocycles. The van der Waals surface area contributed by atoms with Gasteiger partial charge < -0.3 is 10.1 Å². The fourth-order valence-corrected chi connectivity index (χ4v) is 6.44.